The molecule has 2 heterocycles. The highest BCUT2D eigenvalue weighted by molar-refractivity contribution is 14.0. The average Bonchev–Trinajstić information content (AvgIpc) is 3.17. The first kappa shape index (κ1) is 21.0. The lowest BCUT2D eigenvalue weighted by atomic mass is 10.3. The van der Waals surface area contributed by atoms with E-state index >= 15 is 0 Å². The number of hydrogen-bond donors (Lipinski definition) is 2. The van der Waals surface area contributed by atoms with Crippen LogP contribution in [0.4, 0.5) is 0 Å². The summed E-state index contributed by atoms with van der Waals surface area (Å²) in [6.07, 6.45) is 4.45. The minimum absolute atomic E-state index is 0. The molecule has 0 unspecified atom stereocenters. The molecule has 0 saturated heterocycles. The molecule has 2 N–H and O–H groups in total. The van der Waals surface area contributed by atoms with Crippen LogP contribution in [0.25, 0.3) is 0 Å². The molecule has 0 radical (unpaired) electrons. The first-order chi connectivity index (χ1) is 11.2. The number of nitrogens with one attached hydrogen (secondary N) is 2. The van der Waals surface area contributed by atoms with E-state index in [2.05, 4.69) is 41.4 Å². The van der Waals surface area contributed by atoms with Gasteiger partial charge in [0.25, 0.3) is 0 Å². The largest absolute Gasteiger partial charge is 0.469 e. The molecule has 0 spiro atoms. The number of nitrogens with zero attached hydrogens (tertiary/aromatic N) is 2. The maximum absolute atomic E-state index is 5.33. The number of aryl methyl sites for hydroxylation is 2. The molecule has 0 saturated carbocycles. The highest BCUT2D eigenvalue weighted by atomic mass is 127. The molecule has 134 valence electrons. The van der Waals surface area contributed by atoms with Crippen molar-refractivity contribution in [1.29, 1.82) is 0 Å². The Hall–Kier alpha value is -1.09. The van der Waals surface area contributed by atoms with Crippen molar-refractivity contribution in [1.82, 2.24) is 15.6 Å². The van der Waals surface area contributed by atoms with Gasteiger partial charge in [0.15, 0.2) is 5.96 Å². The van der Waals surface area contributed by atoms with E-state index < -0.39 is 0 Å². The summed E-state index contributed by atoms with van der Waals surface area (Å²) >= 11 is 1.79. The van der Waals surface area contributed by atoms with Crippen LogP contribution in [-0.4, -0.2) is 30.6 Å². The Bertz CT molecular complexity index is 610. The van der Waals surface area contributed by atoms with Crippen LogP contribution in [0.15, 0.2) is 27.8 Å². The van der Waals surface area contributed by atoms with Crippen molar-refractivity contribution in [2.75, 3.05) is 19.6 Å². The SMILES string of the molecule is CCNC(=NCCc1nc(CC)c(C)s1)NCCc1ccco1.I. The van der Waals surface area contributed by atoms with Gasteiger partial charge in [0, 0.05) is 37.4 Å². The van der Waals surface area contributed by atoms with Gasteiger partial charge in [-0.2, -0.15) is 0 Å². The van der Waals surface area contributed by atoms with Gasteiger partial charge in [0.05, 0.1) is 17.0 Å². The lowest BCUT2D eigenvalue weighted by Crippen LogP contribution is -2.38. The van der Waals surface area contributed by atoms with E-state index in [0.29, 0.717) is 0 Å². The monoisotopic (exact) mass is 462 g/mol. The Morgan fingerprint density at radius 2 is 2.12 bits per heavy atom. The van der Waals surface area contributed by atoms with Crippen molar-refractivity contribution in [2.45, 2.75) is 40.0 Å². The Morgan fingerprint density at radius 1 is 1.29 bits per heavy atom. The van der Waals surface area contributed by atoms with Crippen molar-refractivity contribution in [3.63, 3.8) is 0 Å². The highest BCUT2D eigenvalue weighted by Gasteiger charge is 2.05. The third-order valence-corrected chi connectivity index (χ3v) is 4.53. The summed E-state index contributed by atoms with van der Waals surface area (Å²) in [5.74, 6) is 1.83. The molecule has 0 fully saturated rings. The second-order valence-corrected chi connectivity index (χ2v) is 6.52. The van der Waals surface area contributed by atoms with Gasteiger partial charge in [-0.25, -0.2) is 4.98 Å². The summed E-state index contributed by atoms with van der Waals surface area (Å²) in [6, 6.07) is 3.90. The van der Waals surface area contributed by atoms with Gasteiger partial charge in [-0.3, -0.25) is 4.99 Å². The van der Waals surface area contributed by atoms with Gasteiger partial charge in [0.1, 0.15) is 5.76 Å². The summed E-state index contributed by atoms with van der Waals surface area (Å²) in [6.45, 7) is 8.76. The quantitative estimate of drug-likeness (QED) is 0.358. The standard InChI is InChI=1S/C17H26N4OS.HI/c1-4-15-13(3)23-16(21-15)9-11-20-17(18-5-2)19-10-8-14-7-6-12-22-14;/h6-7,12H,4-5,8-11H2,1-3H3,(H2,18,19,20);1H. The van der Waals surface area contributed by atoms with Crippen LogP contribution >= 0.6 is 35.3 Å². The molecule has 2 aromatic heterocycles. The zero-order chi connectivity index (χ0) is 16.5. The zero-order valence-electron chi connectivity index (χ0n) is 14.6. The van der Waals surface area contributed by atoms with E-state index in [0.717, 1.165) is 50.6 Å². The first-order valence-corrected chi connectivity index (χ1v) is 9.04. The highest BCUT2D eigenvalue weighted by Crippen LogP contribution is 2.18. The molecule has 0 aliphatic rings. The molecule has 2 rings (SSSR count). The maximum Gasteiger partial charge on any atom is 0.191 e. The molecule has 0 atom stereocenters. The van der Waals surface area contributed by atoms with Gasteiger partial charge < -0.3 is 15.1 Å². The molecule has 2 aromatic rings. The van der Waals surface area contributed by atoms with Crippen molar-refractivity contribution < 1.29 is 4.42 Å². The van der Waals surface area contributed by atoms with Gasteiger partial charge in [-0.1, -0.05) is 6.92 Å². The van der Waals surface area contributed by atoms with E-state index in [1.54, 1.807) is 17.6 Å². The van der Waals surface area contributed by atoms with Crippen LogP contribution in [-0.2, 0) is 19.3 Å². The Kier molecular flexibility index (Phi) is 10.0. The van der Waals surface area contributed by atoms with Gasteiger partial charge in [-0.15, -0.1) is 35.3 Å². The number of halogens is 1. The Morgan fingerprint density at radius 3 is 2.75 bits per heavy atom. The van der Waals surface area contributed by atoms with Crippen LogP contribution in [0.5, 0.6) is 0 Å². The Labute approximate surface area is 165 Å². The van der Waals surface area contributed by atoms with Crippen molar-refractivity contribution >= 4 is 41.3 Å². The van der Waals surface area contributed by atoms with Crippen LogP contribution in [0.3, 0.4) is 0 Å². The zero-order valence-corrected chi connectivity index (χ0v) is 17.7. The van der Waals surface area contributed by atoms with E-state index in [1.165, 1.54) is 15.6 Å². The third-order valence-electron chi connectivity index (χ3n) is 3.46. The van der Waals surface area contributed by atoms with Gasteiger partial charge in [0.2, 0.25) is 0 Å². The molecular weight excluding hydrogens is 435 g/mol. The summed E-state index contributed by atoms with van der Waals surface area (Å²) in [4.78, 5) is 10.6. The third kappa shape index (κ3) is 6.80. The number of guanidine groups is 1. The predicted octanol–water partition coefficient (Wildman–Crippen LogP) is 3.57. The fraction of sp³-hybridized carbons (Fsp3) is 0.529. The molecule has 0 aromatic carbocycles. The predicted molar refractivity (Wildman–Crippen MR) is 112 cm³/mol. The summed E-state index contributed by atoms with van der Waals surface area (Å²) < 4.78 is 5.33. The number of aromatic nitrogens is 1. The first-order valence-electron chi connectivity index (χ1n) is 8.22. The molecule has 5 nitrogen and oxygen atoms in total. The second-order valence-electron chi connectivity index (χ2n) is 5.23. The normalized spacial score (nSPS) is 11.2. The lowest BCUT2D eigenvalue weighted by molar-refractivity contribution is 0.507. The summed E-state index contributed by atoms with van der Waals surface area (Å²) in [5.41, 5.74) is 1.22. The Balaban J connectivity index is 0.00000288. The van der Waals surface area contributed by atoms with E-state index in [1.807, 2.05) is 12.1 Å². The van der Waals surface area contributed by atoms with Crippen LogP contribution in [0, 0.1) is 6.92 Å². The van der Waals surface area contributed by atoms with Gasteiger partial charge in [-0.05, 0) is 32.4 Å². The van der Waals surface area contributed by atoms with E-state index in [4.69, 9.17) is 4.42 Å². The van der Waals surface area contributed by atoms with Crippen molar-refractivity contribution in [3.05, 3.63) is 39.7 Å². The maximum atomic E-state index is 5.33. The molecule has 7 heteroatoms. The minimum Gasteiger partial charge on any atom is -0.469 e. The summed E-state index contributed by atoms with van der Waals surface area (Å²) in [5, 5.41) is 7.78. The molecule has 24 heavy (non-hydrogen) atoms. The number of aliphatic imine (C=N–C) groups is 1. The van der Waals surface area contributed by atoms with Crippen LogP contribution in [0.2, 0.25) is 0 Å². The number of furan rings is 1. The van der Waals surface area contributed by atoms with Gasteiger partial charge >= 0.3 is 0 Å². The number of rotatable bonds is 8. The van der Waals surface area contributed by atoms with Crippen LogP contribution in [0.1, 0.15) is 35.2 Å². The topological polar surface area (TPSA) is 62.5 Å². The van der Waals surface area contributed by atoms with Crippen molar-refractivity contribution in [3.8, 4) is 0 Å². The molecule has 0 aliphatic heterocycles. The lowest BCUT2D eigenvalue weighted by Gasteiger charge is -2.10. The molecule has 0 bridgehead atoms. The summed E-state index contributed by atoms with van der Waals surface area (Å²) in [7, 11) is 0. The van der Waals surface area contributed by atoms with E-state index in [9.17, 15) is 0 Å². The molecular formula is C17H27IN4OS. The fourth-order valence-corrected chi connectivity index (χ4v) is 3.30. The number of thiazole rings is 1. The smallest absolute Gasteiger partial charge is 0.191 e. The second kappa shape index (κ2) is 11.5. The van der Waals surface area contributed by atoms with Crippen LogP contribution < -0.4 is 10.6 Å². The molecule has 0 amide bonds. The minimum atomic E-state index is 0. The van der Waals surface area contributed by atoms with Crippen molar-refractivity contribution in [2.24, 2.45) is 4.99 Å². The van der Waals surface area contributed by atoms with E-state index in [-0.39, 0.29) is 24.0 Å². The fourth-order valence-electron chi connectivity index (χ4n) is 2.29. The molecule has 0 aliphatic carbocycles. The average molecular weight is 462 g/mol. The number of hydrogen-bond acceptors (Lipinski definition) is 4.